The predicted octanol–water partition coefficient (Wildman–Crippen LogP) is -0.569. The summed E-state index contributed by atoms with van der Waals surface area (Å²) in [6, 6.07) is 3.02. The summed E-state index contributed by atoms with van der Waals surface area (Å²) in [5, 5.41) is 4.07. The van der Waals surface area contributed by atoms with Crippen molar-refractivity contribution in [3.05, 3.63) is 22.5 Å². The van der Waals surface area contributed by atoms with Crippen molar-refractivity contribution >= 4 is 11.9 Å². The van der Waals surface area contributed by atoms with E-state index in [2.05, 4.69) is 20.1 Å². The van der Waals surface area contributed by atoms with Gasteiger partial charge < -0.3 is 24.0 Å². The van der Waals surface area contributed by atoms with E-state index < -0.39 is 0 Å². The van der Waals surface area contributed by atoms with E-state index in [1.807, 2.05) is 9.80 Å². The van der Waals surface area contributed by atoms with E-state index in [0.29, 0.717) is 64.5 Å². The Bertz CT molecular complexity index is 811. The summed E-state index contributed by atoms with van der Waals surface area (Å²) in [5.74, 6) is 1.31. The van der Waals surface area contributed by atoms with E-state index in [0.717, 1.165) is 0 Å². The maximum atomic E-state index is 11.5. The molecule has 144 valence electrons. The van der Waals surface area contributed by atoms with E-state index >= 15 is 0 Å². The van der Waals surface area contributed by atoms with Gasteiger partial charge in [-0.2, -0.15) is 15.0 Å². The molecule has 0 saturated carbocycles. The topological polar surface area (TPSA) is 108 Å². The van der Waals surface area contributed by atoms with Crippen LogP contribution < -0.4 is 20.1 Å². The zero-order valence-electron chi connectivity index (χ0n) is 15.1. The molecule has 2 fully saturated rings. The van der Waals surface area contributed by atoms with Gasteiger partial charge in [0.05, 0.1) is 26.4 Å². The van der Waals surface area contributed by atoms with Crippen LogP contribution in [0.2, 0.25) is 0 Å². The molecule has 0 amide bonds. The van der Waals surface area contributed by atoms with Crippen LogP contribution in [0.3, 0.4) is 0 Å². The first-order chi connectivity index (χ1) is 13.2. The highest BCUT2D eigenvalue weighted by Crippen LogP contribution is 2.22. The summed E-state index contributed by atoms with van der Waals surface area (Å²) in [5.41, 5.74) is -0.221. The third-order valence-corrected chi connectivity index (χ3v) is 4.31. The van der Waals surface area contributed by atoms with Crippen molar-refractivity contribution < 1.29 is 14.2 Å². The number of hydrogen-bond acceptors (Lipinski definition) is 10. The summed E-state index contributed by atoms with van der Waals surface area (Å²) in [4.78, 5) is 29.1. The van der Waals surface area contributed by atoms with Crippen LogP contribution in [-0.2, 0) is 16.5 Å². The van der Waals surface area contributed by atoms with Crippen LogP contribution in [0.5, 0.6) is 11.9 Å². The first-order valence-corrected chi connectivity index (χ1v) is 8.83. The van der Waals surface area contributed by atoms with E-state index in [1.165, 1.54) is 16.8 Å². The molecule has 2 aromatic heterocycles. The van der Waals surface area contributed by atoms with Gasteiger partial charge >= 0.3 is 6.01 Å². The van der Waals surface area contributed by atoms with Crippen molar-refractivity contribution in [1.82, 2.24) is 24.7 Å². The van der Waals surface area contributed by atoms with Crippen molar-refractivity contribution in [2.75, 3.05) is 62.4 Å². The smallest absolute Gasteiger partial charge is 0.330 e. The second-order valence-electron chi connectivity index (χ2n) is 6.15. The molecule has 0 spiro atoms. The molecule has 0 N–H and O–H groups in total. The Morgan fingerprint density at radius 1 is 0.889 bits per heavy atom. The van der Waals surface area contributed by atoms with Crippen LogP contribution in [0.15, 0.2) is 16.9 Å². The van der Waals surface area contributed by atoms with Crippen molar-refractivity contribution in [3.63, 3.8) is 0 Å². The molecule has 0 atom stereocenters. The largest absolute Gasteiger partial charge is 0.403 e. The maximum Gasteiger partial charge on any atom is 0.330 e. The highest BCUT2D eigenvalue weighted by atomic mass is 16.5. The molecule has 0 aromatic carbocycles. The zero-order valence-corrected chi connectivity index (χ0v) is 15.1. The fourth-order valence-electron chi connectivity index (χ4n) is 2.82. The van der Waals surface area contributed by atoms with Crippen molar-refractivity contribution in [2.24, 2.45) is 7.05 Å². The van der Waals surface area contributed by atoms with E-state index in [4.69, 9.17) is 14.2 Å². The van der Waals surface area contributed by atoms with Gasteiger partial charge in [0.15, 0.2) is 0 Å². The van der Waals surface area contributed by atoms with Gasteiger partial charge in [-0.3, -0.25) is 4.79 Å². The molecular formula is C16H21N7O4. The van der Waals surface area contributed by atoms with E-state index in [1.54, 1.807) is 7.05 Å². The van der Waals surface area contributed by atoms with Crippen molar-refractivity contribution in [3.8, 4) is 11.9 Å². The molecule has 0 bridgehead atoms. The summed E-state index contributed by atoms with van der Waals surface area (Å²) >= 11 is 0. The van der Waals surface area contributed by atoms with Gasteiger partial charge in [0.1, 0.15) is 0 Å². The monoisotopic (exact) mass is 375 g/mol. The average Bonchev–Trinajstić information content (AvgIpc) is 2.72. The highest BCUT2D eigenvalue weighted by molar-refractivity contribution is 5.41. The molecule has 2 aliphatic rings. The van der Waals surface area contributed by atoms with Crippen LogP contribution >= 0.6 is 0 Å². The molecule has 0 aliphatic carbocycles. The molecule has 11 nitrogen and oxygen atoms in total. The Hall–Kier alpha value is -2.79. The molecule has 0 unspecified atom stereocenters. The lowest BCUT2D eigenvalue weighted by molar-refractivity contribution is 0.121. The number of rotatable bonds is 4. The SMILES string of the molecule is Cn1nc(Oc2nc(N3CCOCC3)nc(N3CCOCC3)n2)ccc1=O. The minimum absolute atomic E-state index is 0.138. The summed E-state index contributed by atoms with van der Waals surface area (Å²) in [7, 11) is 1.56. The zero-order chi connectivity index (χ0) is 18.6. The minimum Gasteiger partial charge on any atom is -0.403 e. The van der Waals surface area contributed by atoms with Crippen molar-refractivity contribution in [1.29, 1.82) is 0 Å². The van der Waals surface area contributed by atoms with E-state index in [9.17, 15) is 4.79 Å². The van der Waals surface area contributed by atoms with Gasteiger partial charge in [-0.25, -0.2) is 4.68 Å². The van der Waals surface area contributed by atoms with Crippen LogP contribution in [0.25, 0.3) is 0 Å². The number of nitrogens with zero attached hydrogens (tertiary/aromatic N) is 7. The molecule has 2 aromatic rings. The average molecular weight is 375 g/mol. The molecule has 2 saturated heterocycles. The molecule has 2 aliphatic heterocycles. The maximum absolute atomic E-state index is 11.5. The summed E-state index contributed by atoms with van der Waals surface area (Å²) < 4.78 is 17.7. The standard InChI is InChI=1S/C16H21N7O4/c1-21-13(24)3-2-12(20-21)27-16-18-14(22-4-8-25-9-5-22)17-15(19-16)23-6-10-26-11-7-23/h2-3H,4-11H2,1H3. The first kappa shape index (κ1) is 17.6. The Balaban J connectivity index is 1.65. The summed E-state index contributed by atoms with van der Waals surface area (Å²) in [6.07, 6.45) is 0. The molecule has 4 rings (SSSR count). The second-order valence-corrected chi connectivity index (χ2v) is 6.15. The fourth-order valence-corrected chi connectivity index (χ4v) is 2.82. The third kappa shape index (κ3) is 4.14. The minimum atomic E-state index is -0.221. The number of anilines is 2. The quantitative estimate of drug-likeness (QED) is 0.689. The van der Waals surface area contributed by atoms with Gasteiger partial charge in [-0.15, -0.1) is 5.10 Å². The first-order valence-electron chi connectivity index (χ1n) is 8.83. The Morgan fingerprint density at radius 3 is 1.96 bits per heavy atom. The number of hydrogen-bond donors (Lipinski definition) is 0. The highest BCUT2D eigenvalue weighted by Gasteiger charge is 2.21. The molecule has 4 heterocycles. The Labute approximate surface area is 155 Å². The van der Waals surface area contributed by atoms with Gasteiger partial charge in [-0.05, 0) is 0 Å². The second kappa shape index (κ2) is 7.84. The fraction of sp³-hybridized carbons (Fsp3) is 0.562. The van der Waals surface area contributed by atoms with Gasteiger partial charge in [0.25, 0.3) is 5.56 Å². The van der Waals surface area contributed by atoms with Crippen LogP contribution in [0.1, 0.15) is 0 Å². The Morgan fingerprint density at radius 2 is 1.44 bits per heavy atom. The van der Waals surface area contributed by atoms with Crippen LogP contribution in [0, 0.1) is 0 Å². The lowest BCUT2D eigenvalue weighted by Gasteiger charge is -2.30. The van der Waals surface area contributed by atoms with Gasteiger partial charge in [0.2, 0.25) is 17.8 Å². The number of morpholine rings is 2. The van der Waals surface area contributed by atoms with Crippen LogP contribution in [-0.4, -0.2) is 77.3 Å². The molecule has 27 heavy (non-hydrogen) atoms. The normalized spacial score (nSPS) is 17.8. The molecule has 0 radical (unpaired) electrons. The van der Waals surface area contributed by atoms with Gasteiger partial charge in [-0.1, -0.05) is 0 Å². The molecular weight excluding hydrogens is 354 g/mol. The van der Waals surface area contributed by atoms with Crippen molar-refractivity contribution in [2.45, 2.75) is 0 Å². The summed E-state index contributed by atoms with van der Waals surface area (Å²) in [6.45, 7) is 5.28. The number of aryl methyl sites for hydroxylation is 1. The molecule has 11 heteroatoms. The Kier molecular flexibility index (Phi) is 5.12. The number of ether oxygens (including phenoxy) is 3. The lowest BCUT2D eigenvalue weighted by Crippen LogP contribution is -2.40. The number of aromatic nitrogens is 5. The van der Waals surface area contributed by atoms with Crippen LogP contribution in [0.4, 0.5) is 11.9 Å². The predicted molar refractivity (Wildman–Crippen MR) is 95.4 cm³/mol. The third-order valence-electron chi connectivity index (χ3n) is 4.31. The lowest BCUT2D eigenvalue weighted by atomic mass is 10.4. The van der Waals surface area contributed by atoms with Gasteiger partial charge in [0, 0.05) is 45.4 Å². The van der Waals surface area contributed by atoms with E-state index in [-0.39, 0.29) is 17.4 Å².